The zero-order valence-corrected chi connectivity index (χ0v) is 9.81. The summed E-state index contributed by atoms with van der Waals surface area (Å²) in [6.07, 6.45) is 3.42. The van der Waals surface area contributed by atoms with Crippen LogP contribution in [-0.2, 0) is 10.0 Å². The molecule has 0 unspecified atom stereocenters. The van der Waals surface area contributed by atoms with Gasteiger partial charge in [0, 0.05) is 13.1 Å². The highest BCUT2D eigenvalue weighted by Crippen LogP contribution is 2.21. The van der Waals surface area contributed by atoms with E-state index in [2.05, 4.69) is 0 Å². The smallest absolute Gasteiger partial charge is 0.371 e. The molecule has 0 aliphatic carbocycles. The second-order valence-electron chi connectivity index (χ2n) is 3.69. The molecule has 0 aromatic carbocycles. The summed E-state index contributed by atoms with van der Waals surface area (Å²) in [5.74, 6) is -1.65. The van der Waals surface area contributed by atoms with Crippen molar-refractivity contribution in [2.24, 2.45) is 0 Å². The lowest BCUT2D eigenvalue weighted by molar-refractivity contribution is 0.0656. The molecule has 1 aliphatic heterocycles. The van der Waals surface area contributed by atoms with Crippen molar-refractivity contribution in [3.8, 4) is 0 Å². The van der Waals surface area contributed by atoms with E-state index in [-0.39, 0.29) is 10.9 Å². The normalized spacial score (nSPS) is 18.1. The molecule has 0 amide bonds. The number of hydrogen-bond acceptors (Lipinski definition) is 4. The molecule has 1 saturated heterocycles. The highest BCUT2D eigenvalue weighted by Gasteiger charge is 2.29. The van der Waals surface area contributed by atoms with Gasteiger partial charge in [-0.25, -0.2) is 13.2 Å². The van der Waals surface area contributed by atoms with E-state index >= 15 is 0 Å². The van der Waals surface area contributed by atoms with Crippen LogP contribution in [0.4, 0.5) is 0 Å². The van der Waals surface area contributed by atoms with E-state index in [1.54, 1.807) is 0 Å². The Labute approximate surface area is 98.9 Å². The first-order valence-corrected chi connectivity index (χ1v) is 6.61. The van der Waals surface area contributed by atoms with Crippen molar-refractivity contribution in [3.05, 3.63) is 24.3 Å². The topological polar surface area (TPSA) is 87.8 Å². The average molecular weight is 258 g/mol. The molecule has 0 bridgehead atoms. The Kier molecular flexibility index (Phi) is 3.21. The number of nitrogens with zero attached hydrogens (tertiary/aromatic N) is 1. The summed E-state index contributed by atoms with van der Waals surface area (Å²) < 4.78 is 30.2. The molecule has 6 nitrogen and oxygen atoms in total. The average Bonchev–Trinajstić information content (AvgIpc) is 2.80. The number of aromatic carboxylic acids is 1. The zero-order valence-electron chi connectivity index (χ0n) is 9.00. The van der Waals surface area contributed by atoms with Gasteiger partial charge >= 0.3 is 5.97 Å². The van der Waals surface area contributed by atoms with Crippen molar-refractivity contribution in [1.29, 1.82) is 0 Å². The standard InChI is InChI=1S/C10H12NO5S/c12-10(13)8-4-5-9(16-8)17(14,15)11-6-2-1-3-7-11/h1,4-5H,2-3,6-7H2,(H,12,13). The van der Waals surface area contributed by atoms with Crippen LogP contribution in [0.2, 0.25) is 0 Å². The van der Waals surface area contributed by atoms with Crippen molar-refractivity contribution in [1.82, 2.24) is 4.31 Å². The van der Waals surface area contributed by atoms with Crippen molar-refractivity contribution in [2.75, 3.05) is 13.1 Å². The highest BCUT2D eigenvalue weighted by atomic mass is 32.2. The minimum atomic E-state index is -3.69. The van der Waals surface area contributed by atoms with E-state index in [1.807, 2.05) is 6.42 Å². The first kappa shape index (κ1) is 12.1. The summed E-state index contributed by atoms with van der Waals surface area (Å²) in [5.41, 5.74) is 0. The first-order valence-electron chi connectivity index (χ1n) is 5.17. The van der Waals surface area contributed by atoms with Crippen molar-refractivity contribution in [3.63, 3.8) is 0 Å². The van der Waals surface area contributed by atoms with Crippen LogP contribution in [0.15, 0.2) is 21.6 Å². The van der Waals surface area contributed by atoms with Crippen molar-refractivity contribution >= 4 is 16.0 Å². The molecular formula is C10H12NO5S. The van der Waals surface area contributed by atoms with E-state index in [1.165, 1.54) is 10.4 Å². The van der Waals surface area contributed by atoms with E-state index in [0.29, 0.717) is 25.9 Å². The summed E-state index contributed by atoms with van der Waals surface area (Å²) >= 11 is 0. The molecule has 0 spiro atoms. The van der Waals surface area contributed by atoms with Gasteiger partial charge in [-0.05, 0) is 31.4 Å². The molecule has 1 fully saturated rings. The SMILES string of the molecule is O=C(O)c1ccc(S(=O)(=O)N2CC[CH]CC2)o1. The molecule has 2 rings (SSSR count). The lowest BCUT2D eigenvalue weighted by atomic mass is 10.2. The number of hydrogen-bond donors (Lipinski definition) is 1. The molecule has 1 aromatic heterocycles. The van der Waals surface area contributed by atoms with Crippen LogP contribution in [-0.4, -0.2) is 36.9 Å². The Bertz CT molecular complexity index is 513. The Hall–Kier alpha value is -1.34. The van der Waals surface area contributed by atoms with Gasteiger partial charge in [0.05, 0.1) is 0 Å². The minimum Gasteiger partial charge on any atom is -0.475 e. The summed E-state index contributed by atoms with van der Waals surface area (Å²) in [6, 6.07) is 2.32. The van der Waals surface area contributed by atoms with Gasteiger partial charge in [-0.2, -0.15) is 4.31 Å². The number of furan rings is 1. The van der Waals surface area contributed by atoms with Gasteiger partial charge in [-0.1, -0.05) is 0 Å². The number of carboxylic acids is 1. The number of piperidine rings is 1. The molecule has 2 heterocycles. The van der Waals surface area contributed by atoms with Gasteiger partial charge in [-0.3, -0.25) is 0 Å². The van der Waals surface area contributed by atoms with Gasteiger partial charge in [0.15, 0.2) is 0 Å². The van der Waals surface area contributed by atoms with Gasteiger partial charge in [0.1, 0.15) is 0 Å². The predicted octanol–water partition coefficient (Wildman–Crippen LogP) is 0.967. The van der Waals surface area contributed by atoms with Crippen molar-refractivity contribution < 1.29 is 22.7 Å². The van der Waals surface area contributed by atoms with Gasteiger partial charge in [0.25, 0.3) is 10.0 Å². The van der Waals surface area contributed by atoms with Crippen LogP contribution in [0.5, 0.6) is 0 Å². The number of carbonyl (C=O) groups is 1. The fourth-order valence-electron chi connectivity index (χ4n) is 1.67. The summed E-state index contributed by atoms with van der Waals surface area (Å²) in [6.45, 7) is 0.816. The summed E-state index contributed by atoms with van der Waals surface area (Å²) in [7, 11) is -3.69. The van der Waals surface area contributed by atoms with Crippen LogP contribution in [0.3, 0.4) is 0 Å². The summed E-state index contributed by atoms with van der Waals surface area (Å²) in [4.78, 5) is 10.6. The molecule has 1 radical (unpaired) electrons. The van der Waals surface area contributed by atoms with Crippen LogP contribution in [0, 0.1) is 6.42 Å². The largest absolute Gasteiger partial charge is 0.475 e. The molecule has 1 N–H and O–H groups in total. The maximum atomic E-state index is 12.0. The third-order valence-electron chi connectivity index (χ3n) is 2.55. The lowest BCUT2D eigenvalue weighted by Crippen LogP contribution is -2.35. The quantitative estimate of drug-likeness (QED) is 0.872. The van der Waals surface area contributed by atoms with Crippen LogP contribution in [0.1, 0.15) is 23.4 Å². The van der Waals surface area contributed by atoms with E-state index in [9.17, 15) is 13.2 Å². The van der Waals surface area contributed by atoms with E-state index in [0.717, 1.165) is 6.07 Å². The Morgan fingerprint density at radius 3 is 2.47 bits per heavy atom. The second kappa shape index (κ2) is 4.50. The minimum absolute atomic E-state index is 0.309. The third-order valence-corrected chi connectivity index (χ3v) is 4.32. The number of sulfonamides is 1. The first-order chi connectivity index (χ1) is 8.01. The summed E-state index contributed by atoms with van der Waals surface area (Å²) in [5, 5.41) is 8.36. The third kappa shape index (κ3) is 2.34. The van der Waals surface area contributed by atoms with Crippen molar-refractivity contribution in [2.45, 2.75) is 17.9 Å². The van der Waals surface area contributed by atoms with Gasteiger partial charge < -0.3 is 9.52 Å². The fraction of sp³-hybridized carbons (Fsp3) is 0.400. The molecule has 1 aliphatic rings. The Morgan fingerprint density at radius 1 is 1.29 bits per heavy atom. The van der Waals surface area contributed by atoms with E-state index in [4.69, 9.17) is 9.52 Å². The molecule has 0 atom stereocenters. The number of carboxylic acid groups (broad SMARTS) is 1. The Balaban J connectivity index is 2.27. The van der Waals surface area contributed by atoms with Crippen LogP contribution in [0.25, 0.3) is 0 Å². The monoisotopic (exact) mass is 258 g/mol. The zero-order chi connectivity index (χ0) is 12.5. The van der Waals surface area contributed by atoms with Gasteiger partial charge in [0.2, 0.25) is 10.9 Å². The van der Waals surface area contributed by atoms with Crippen LogP contribution >= 0.6 is 0 Å². The van der Waals surface area contributed by atoms with Crippen LogP contribution < -0.4 is 0 Å². The number of rotatable bonds is 3. The molecule has 1 aromatic rings. The maximum absolute atomic E-state index is 12.0. The molecule has 0 saturated carbocycles. The fourth-order valence-corrected chi connectivity index (χ4v) is 3.05. The maximum Gasteiger partial charge on any atom is 0.371 e. The molecule has 7 heteroatoms. The van der Waals surface area contributed by atoms with E-state index < -0.39 is 16.0 Å². The lowest BCUT2D eigenvalue weighted by Gasteiger charge is -2.24. The second-order valence-corrected chi connectivity index (χ2v) is 5.56. The molecule has 93 valence electrons. The predicted molar refractivity (Wildman–Crippen MR) is 58.0 cm³/mol. The van der Waals surface area contributed by atoms with Gasteiger partial charge in [-0.15, -0.1) is 0 Å². The molecular weight excluding hydrogens is 246 g/mol. The highest BCUT2D eigenvalue weighted by molar-refractivity contribution is 7.89. The molecule has 17 heavy (non-hydrogen) atoms. The Morgan fingerprint density at radius 2 is 1.94 bits per heavy atom.